The summed E-state index contributed by atoms with van der Waals surface area (Å²) in [5.41, 5.74) is 1.23. The maximum Gasteiger partial charge on any atom is 0.328 e. The third-order valence-electron chi connectivity index (χ3n) is 11.8. The van der Waals surface area contributed by atoms with Gasteiger partial charge in [-0.2, -0.15) is 0 Å². The number of cyclic esters (lactones) is 1. The van der Waals surface area contributed by atoms with Gasteiger partial charge in [-0.25, -0.2) is 18.4 Å². The Balaban J connectivity index is 1.19. The maximum atomic E-state index is 14.6. The minimum Gasteiger partial charge on any atom is -0.461 e. The number of urea groups is 1. The van der Waals surface area contributed by atoms with Gasteiger partial charge in [-0.1, -0.05) is 13.0 Å². The predicted octanol–water partition coefficient (Wildman–Crippen LogP) is 2.34. The summed E-state index contributed by atoms with van der Waals surface area (Å²) in [4.78, 5) is 102. The highest BCUT2D eigenvalue weighted by Crippen LogP contribution is 2.28. The van der Waals surface area contributed by atoms with Gasteiger partial charge in [0.1, 0.15) is 54.5 Å². The van der Waals surface area contributed by atoms with Crippen LogP contribution in [-0.4, -0.2) is 123 Å². The molecule has 18 heteroatoms. The molecule has 1 aromatic heterocycles. The van der Waals surface area contributed by atoms with Crippen molar-refractivity contribution in [1.29, 1.82) is 0 Å². The number of rotatable bonds is 6. The molecule has 0 saturated carbocycles. The Labute approximate surface area is 345 Å². The van der Waals surface area contributed by atoms with Crippen molar-refractivity contribution >= 4 is 58.1 Å². The van der Waals surface area contributed by atoms with Crippen molar-refractivity contribution in [2.45, 2.75) is 95.0 Å². The van der Waals surface area contributed by atoms with Crippen molar-refractivity contribution < 1.29 is 47.1 Å². The van der Waals surface area contributed by atoms with Gasteiger partial charge >= 0.3 is 12.0 Å². The first-order chi connectivity index (χ1) is 28.7. The molecule has 4 saturated heterocycles. The first-order valence-corrected chi connectivity index (χ1v) is 20.4. The van der Waals surface area contributed by atoms with Crippen LogP contribution >= 0.6 is 0 Å². The van der Waals surface area contributed by atoms with Crippen molar-refractivity contribution in [3.63, 3.8) is 0 Å². The lowest BCUT2D eigenvalue weighted by Crippen LogP contribution is -2.62. The fourth-order valence-electron chi connectivity index (χ4n) is 8.83. The number of fused-ring (bicyclic) bond motifs is 4. The Morgan fingerprint density at radius 2 is 1.57 bits per heavy atom. The second-order valence-corrected chi connectivity index (χ2v) is 16.3. The van der Waals surface area contributed by atoms with E-state index in [-0.39, 0.29) is 44.0 Å². The molecule has 16 nitrogen and oxygen atoms in total. The first-order valence-electron chi connectivity index (χ1n) is 20.4. The number of hydrogen-bond acceptors (Lipinski definition) is 8. The number of anilines is 1. The number of nitrogens with one attached hydrogen (secondary N) is 4. The predicted molar refractivity (Wildman–Crippen MR) is 213 cm³/mol. The molecular formula is C42H50F2N8O8. The molecule has 3 aromatic rings. The number of hydrogen-bond donors (Lipinski definition) is 4. The molecule has 4 aliphatic heterocycles. The molecule has 0 aliphatic carbocycles. The van der Waals surface area contributed by atoms with E-state index in [4.69, 9.17) is 4.74 Å². The molecule has 60 heavy (non-hydrogen) atoms. The van der Waals surface area contributed by atoms with Gasteiger partial charge in [-0.05, 0) is 92.6 Å². The van der Waals surface area contributed by atoms with Gasteiger partial charge in [0.15, 0.2) is 0 Å². The lowest BCUT2D eigenvalue weighted by atomic mass is 9.99. The first kappa shape index (κ1) is 42.1. The molecule has 0 spiro atoms. The zero-order valence-electron chi connectivity index (χ0n) is 33.7. The summed E-state index contributed by atoms with van der Waals surface area (Å²) in [6, 6.07) is 1.86. The summed E-state index contributed by atoms with van der Waals surface area (Å²) >= 11 is 0. The second-order valence-electron chi connectivity index (χ2n) is 16.3. The summed E-state index contributed by atoms with van der Waals surface area (Å²) in [6.07, 6.45) is 4.03. The Bertz CT molecular complexity index is 2180. The van der Waals surface area contributed by atoms with E-state index in [1.54, 1.807) is 18.2 Å². The average molecular weight is 833 g/mol. The second kappa shape index (κ2) is 17.6. The summed E-state index contributed by atoms with van der Waals surface area (Å²) in [7, 11) is 1.84. The van der Waals surface area contributed by atoms with E-state index in [1.807, 2.05) is 30.8 Å². The van der Waals surface area contributed by atoms with Gasteiger partial charge in [-0.15, -0.1) is 0 Å². The van der Waals surface area contributed by atoms with Gasteiger partial charge in [0.25, 0.3) is 0 Å². The number of ether oxygens (including phenoxy) is 1. The number of carbonyl (C=O) groups excluding carboxylic acids is 7. The molecule has 2 aromatic carbocycles. The van der Waals surface area contributed by atoms with E-state index < -0.39 is 102 Å². The van der Waals surface area contributed by atoms with Crippen LogP contribution in [0.25, 0.3) is 10.9 Å². The highest BCUT2D eigenvalue weighted by Gasteiger charge is 2.46. The van der Waals surface area contributed by atoms with Crippen LogP contribution in [0.3, 0.4) is 0 Å². The molecule has 4 aliphatic rings. The summed E-state index contributed by atoms with van der Waals surface area (Å²) in [6.45, 7) is 3.28. The van der Waals surface area contributed by atoms with Crippen molar-refractivity contribution in [2.75, 3.05) is 31.6 Å². The summed E-state index contributed by atoms with van der Waals surface area (Å²) < 4.78 is 36.3. The number of carbonyl (C=O) groups is 7. The third-order valence-corrected chi connectivity index (χ3v) is 11.8. The average Bonchev–Trinajstić information content (AvgIpc) is 3.96. The number of aromatic nitrogens is 1. The lowest BCUT2D eigenvalue weighted by molar-refractivity contribution is -0.158. The number of esters is 1. The molecule has 0 bridgehead atoms. The highest BCUT2D eigenvalue weighted by atomic mass is 19.1. The standard InChI is InChI=1S/C42H50F2N8O8/c1-23-15-35-41(58)60-22-31(39(56)51-13-6-8-33(51)40(57)50-12-5-4-7-32(50)37(54)45-24(2)38(55)52(35)21-23)47-36(53)30(18-25-16-27(43)19-28(44)17-25)48-42(59)46-29-10-9-26-11-14-49(3)34(26)20-29/h9-11,14,16-17,19-20,23-24,30-33,35H,4-8,12-13,15,18,21-22H2,1-3H3,(H,45,54)(H,47,53)(H2,46,48,59)/t23-,24-,30-,31-,32-,33-,35-/m0/s1. The summed E-state index contributed by atoms with van der Waals surface area (Å²) in [5.74, 6) is -5.95. The van der Waals surface area contributed by atoms with E-state index in [2.05, 4.69) is 21.3 Å². The third kappa shape index (κ3) is 9.06. The molecule has 7 amide bonds. The topological polar surface area (TPSA) is 191 Å². The molecule has 7 rings (SSSR count). The van der Waals surface area contributed by atoms with E-state index in [9.17, 15) is 42.3 Å². The fraction of sp³-hybridized carbons (Fsp3) is 0.500. The smallest absolute Gasteiger partial charge is 0.328 e. The SMILES string of the molecule is C[C@H]1C[C@H]2C(=O)OC[C@H](NC(=O)[C@H](Cc3cc(F)cc(F)c3)NC(=O)Nc3ccc4ccn(C)c4c3)C(=O)N3CCC[C@H]3C(=O)N3CCCC[C@H]3C(=O)N[C@@H](C)C(=O)N2C1. The Morgan fingerprint density at radius 1 is 0.850 bits per heavy atom. The summed E-state index contributed by atoms with van der Waals surface area (Å²) in [5, 5.41) is 11.5. The van der Waals surface area contributed by atoms with Crippen LogP contribution in [0.1, 0.15) is 57.9 Å². The van der Waals surface area contributed by atoms with Crippen molar-refractivity contribution in [2.24, 2.45) is 13.0 Å². The van der Waals surface area contributed by atoms with E-state index >= 15 is 0 Å². The molecule has 0 unspecified atom stereocenters. The largest absolute Gasteiger partial charge is 0.461 e. The van der Waals surface area contributed by atoms with E-state index in [0.717, 1.165) is 23.0 Å². The van der Waals surface area contributed by atoms with E-state index in [1.165, 1.54) is 21.6 Å². The fourth-order valence-corrected chi connectivity index (χ4v) is 8.83. The Morgan fingerprint density at radius 3 is 2.33 bits per heavy atom. The minimum atomic E-state index is -1.60. The molecule has 4 fully saturated rings. The number of piperidine rings is 1. The van der Waals surface area contributed by atoms with Crippen LogP contribution in [0.4, 0.5) is 19.3 Å². The normalized spacial score (nSPS) is 25.9. The van der Waals surface area contributed by atoms with Gasteiger partial charge in [0.2, 0.25) is 29.5 Å². The molecule has 0 radical (unpaired) electrons. The minimum absolute atomic E-state index is 0.0218. The van der Waals surface area contributed by atoms with Crippen LogP contribution in [0.2, 0.25) is 0 Å². The monoisotopic (exact) mass is 832 g/mol. The molecule has 4 N–H and O–H groups in total. The molecular weight excluding hydrogens is 783 g/mol. The van der Waals surface area contributed by atoms with Crippen molar-refractivity contribution in [3.8, 4) is 0 Å². The number of benzene rings is 2. The number of halogens is 2. The quantitative estimate of drug-likeness (QED) is 0.272. The van der Waals surface area contributed by atoms with Crippen LogP contribution < -0.4 is 21.3 Å². The Hall–Kier alpha value is -6.07. The maximum absolute atomic E-state index is 14.6. The number of aryl methyl sites for hydroxylation is 1. The number of amides is 7. The molecule has 7 atom stereocenters. The van der Waals surface area contributed by atoms with Gasteiger partial charge in [-0.3, -0.25) is 24.0 Å². The number of nitrogens with zero attached hydrogens (tertiary/aromatic N) is 4. The lowest BCUT2D eigenvalue weighted by Gasteiger charge is -2.39. The van der Waals surface area contributed by atoms with Crippen molar-refractivity contribution in [1.82, 2.24) is 35.2 Å². The molecule has 5 heterocycles. The van der Waals surface area contributed by atoms with Gasteiger partial charge in [0.05, 0.1) is 0 Å². The Kier molecular flexibility index (Phi) is 12.4. The van der Waals surface area contributed by atoms with Crippen LogP contribution in [-0.2, 0) is 47.0 Å². The van der Waals surface area contributed by atoms with Crippen LogP contribution in [0.15, 0.2) is 48.7 Å². The van der Waals surface area contributed by atoms with Gasteiger partial charge < -0.3 is 45.3 Å². The van der Waals surface area contributed by atoms with Gasteiger partial charge in [0, 0.05) is 56.6 Å². The molecule has 320 valence electrons. The zero-order chi connectivity index (χ0) is 42.8. The zero-order valence-corrected chi connectivity index (χ0v) is 33.7. The van der Waals surface area contributed by atoms with Crippen molar-refractivity contribution in [3.05, 3.63) is 65.9 Å². The highest BCUT2D eigenvalue weighted by molar-refractivity contribution is 5.99. The van der Waals surface area contributed by atoms with Crippen LogP contribution in [0, 0.1) is 17.6 Å². The van der Waals surface area contributed by atoms with E-state index in [0.29, 0.717) is 37.4 Å². The van der Waals surface area contributed by atoms with Crippen LogP contribution in [0.5, 0.6) is 0 Å².